The van der Waals surface area contributed by atoms with Gasteiger partial charge in [-0.2, -0.15) is 0 Å². The van der Waals surface area contributed by atoms with Crippen LogP contribution in [0.15, 0.2) is 24.3 Å². The zero-order valence-electron chi connectivity index (χ0n) is 11.3. The summed E-state index contributed by atoms with van der Waals surface area (Å²) in [4.78, 5) is 0. The molecule has 0 spiro atoms. The number of hydrogen-bond donors (Lipinski definition) is 1. The largest absolute Gasteiger partial charge is 0.399 e. The lowest BCUT2D eigenvalue weighted by molar-refractivity contribution is 0.349. The van der Waals surface area contributed by atoms with Crippen molar-refractivity contribution in [1.29, 1.82) is 0 Å². The highest BCUT2D eigenvalue weighted by Gasteiger charge is 2.24. The minimum Gasteiger partial charge on any atom is -0.399 e. The molecule has 0 heterocycles. The third-order valence-electron chi connectivity index (χ3n) is 3.20. The Kier molecular flexibility index (Phi) is 5.16. The Morgan fingerprint density at radius 2 is 1.89 bits per heavy atom. The van der Waals surface area contributed by atoms with Gasteiger partial charge in [-0.25, -0.2) is 12.7 Å². The molecule has 1 rings (SSSR count). The summed E-state index contributed by atoms with van der Waals surface area (Å²) < 4.78 is 26.0. The molecule has 0 saturated carbocycles. The van der Waals surface area contributed by atoms with Crippen LogP contribution in [0.2, 0.25) is 0 Å². The third kappa shape index (κ3) is 3.71. The molecule has 2 N–H and O–H groups in total. The van der Waals surface area contributed by atoms with Crippen LogP contribution in [0.5, 0.6) is 0 Å². The van der Waals surface area contributed by atoms with Crippen LogP contribution in [-0.4, -0.2) is 25.8 Å². The highest BCUT2D eigenvalue weighted by Crippen LogP contribution is 2.17. The Balaban J connectivity index is 2.88. The van der Waals surface area contributed by atoms with Crippen molar-refractivity contribution in [2.75, 3.05) is 12.8 Å². The van der Waals surface area contributed by atoms with Gasteiger partial charge in [-0.15, -0.1) is 0 Å². The van der Waals surface area contributed by atoms with Gasteiger partial charge in [-0.3, -0.25) is 0 Å². The summed E-state index contributed by atoms with van der Waals surface area (Å²) in [5, 5.41) is 0. The van der Waals surface area contributed by atoms with E-state index in [1.807, 2.05) is 13.8 Å². The second kappa shape index (κ2) is 6.20. The lowest BCUT2D eigenvalue weighted by atomic mass is 10.2. The van der Waals surface area contributed by atoms with Gasteiger partial charge in [-0.05, 0) is 30.5 Å². The Morgan fingerprint density at radius 1 is 1.28 bits per heavy atom. The molecule has 0 aliphatic heterocycles. The number of nitrogen functional groups attached to an aromatic ring is 1. The zero-order chi connectivity index (χ0) is 13.8. The summed E-state index contributed by atoms with van der Waals surface area (Å²) in [5.41, 5.74) is 6.98. The Morgan fingerprint density at radius 3 is 2.39 bits per heavy atom. The summed E-state index contributed by atoms with van der Waals surface area (Å²) in [7, 11) is -1.62. The number of rotatable bonds is 6. The normalized spacial score (nSPS) is 12.3. The summed E-state index contributed by atoms with van der Waals surface area (Å²) in [6.45, 7) is 4.00. The van der Waals surface area contributed by atoms with Crippen molar-refractivity contribution >= 4 is 15.7 Å². The first-order valence-electron chi connectivity index (χ1n) is 6.20. The van der Waals surface area contributed by atoms with E-state index in [1.54, 1.807) is 31.3 Å². The molecule has 0 unspecified atom stereocenters. The quantitative estimate of drug-likeness (QED) is 0.806. The van der Waals surface area contributed by atoms with Crippen LogP contribution in [0.25, 0.3) is 0 Å². The average Bonchev–Trinajstić information content (AvgIpc) is 2.29. The van der Waals surface area contributed by atoms with E-state index in [0.717, 1.165) is 18.4 Å². The molecule has 0 radical (unpaired) electrons. The van der Waals surface area contributed by atoms with Crippen molar-refractivity contribution in [3.63, 3.8) is 0 Å². The van der Waals surface area contributed by atoms with E-state index >= 15 is 0 Å². The fourth-order valence-electron chi connectivity index (χ4n) is 2.03. The topological polar surface area (TPSA) is 63.4 Å². The first-order chi connectivity index (χ1) is 8.40. The van der Waals surface area contributed by atoms with Gasteiger partial charge in [0.05, 0.1) is 5.75 Å². The van der Waals surface area contributed by atoms with E-state index in [0.29, 0.717) is 5.69 Å². The standard InChI is InChI=1S/C13H22N2O2S/c1-4-13(5-2)15(3)18(16,17)10-11-7-6-8-12(14)9-11/h6-9,13H,4-5,10,14H2,1-3H3. The van der Waals surface area contributed by atoms with Crippen LogP contribution in [0, 0.1) is 0 Å². The van der Waals surface area contributed by atoms with Gasteiger partial charge in [0.2, 0.25) is 10.0 Å². The summed E-state index contributed by atoms with van der Waals surface area (Å²) in [6, 6.07) is 7.08. The Labute approximate surface area is 110 Å². The number of nitrogens with zero attached hydrogens (tertiary/aromatic N) is 1. The minimum absolute atomic E-state index is 0.00500. The number of anilines is 1. The SMILES string of the molecule is CCC(CC)N(C)S(=O)(=O)Cc1cccc(N)c1. The van der Waals surface area contributed by atoms with Crippen LogP contribution in [0.4, 0.5) is 5.69 Å². The van der Waals surface area contributed by atoms with Crippen molar-refractivity contribution in [3.05, 3.63) is 29.8 Å². The smallest absolute Gasteiger partial charge is 0.218 e. The number of benzene rings is 1. The molecule has 0 amide bonds. The molecule has 102 valence electrons. The fraction of sp³-hybridized carbons (Fsp3) is 0.538. The second-order valence-electron chi connectivity index (χ2n) is 4.49. The average molecular weight is 270 g/mol. The second-order valence-corrected chi connectivity index (χ2v) is 6.52. The van der Waals surface area contributed by atoms with E-state index in [-0.39, 0.29) is 11.8 Å². The van der Waals surface area contributed by atoms with E-state index in [1.165, 1.54) is 4.31 Å². The first kappa shape index (κ1) is 15.0. The van der Waals surface area contributed by atoms with Crippen LogP contribution in [-0.2, 0) is 15.8 Å². The summed E-state index contributed by atoms with van der Waals surface area (Å²) in [6.07, 6.45) is 1.65. The molecule has 0 bridgehead atoms. The van der Waals surface area contributed by atoms with Gasteiger partial charge in [0.25, 0.3) is 0 Å². The van der Waals surface area contributed by atoms with Crippen molar-refractivity contribution in [3.8, 4) is 0 Å². The highest BCUT2D eigenvalue weighted by molar-refractivity contribution is 7.88. The van der Waals surface area contributed by atoms with Gasteiger partial charge in [0, 0.05) is 18.8 Å². The predicted molar refractivity (Wildman–Crippen MR) is 75.6 cm³/mol. The summed E-state index contributed by atoms with van der Waals surface area (Å²) >= 11 is 0. The van der Waals surface area contributed by atoms with Gasteiger partial charge in [0.1, 0.15) is 0 Å². The summed E-state index contributed by atoms with van der Waals surface area (Å²) in [5.74, 6) is 0.00500. The molecule has 0 aliphatic rings. The minimum atomic E-state index is -3.28. The molecule has 1 aromatic carbocycles. The van der Waals surface area contributed by atoms with E-state index in [9.17, 15) is 8.42 Å². The van der Waals surface area contributed by atoms with Gasteiger partial charge >= 0.3 is 0 Å². The van der Waals surface area contributed by atoms with E-state index < -0.39 is 10.0 Å². The van der Waals surface area contributed by atoms with Crippen LogP contribution in [0.1, 0.15) is 32.3 Å². The molecule has 1 aromatic rings. The van der Waals surface area contributed by atoms with Crippen molar-refractivity contribution in [1.82, 2.24) is 4.31 Å². The number of nitrogens with two attached hydrogens (primary N) is 1. The molecule has 0 saturated heterocycles. The van der Waals surface area contributed by atoms with Crippen LogP contribution in [0.3, 0.4) is 0 Å². The molecular formula is C13H22N2O2S. The predicted octanol–water partition coefficient (Wildman–Crippen LogP) is 2.22. The molecule has 5 heteroatoms. The van der Waals surface area contributed by atoms with E-state index in [2.05, 4.69) is 0 Å². The molecule has 0 atom stereocenters. The number of hydrogen-bond acceptors (Lipinski definition) is 3. The van der Waals surface area contributed by atoms with Gasteiger partial charge < -0.3 is 5.73 Å². The number of sulfonamides is 1. The zero-order valence-corrected chi connectivity index (χ0v) is 12.1. The van der Waals surface area contributed by atoms with Crippen LogP contribution >= 0.6 is 0 Å². The molecule has 18 heavy (non-hydrogen) atoms. The van der Waals surface area contributed by atoms with Crippen molar-refractivity contribution < 1.29 is 8.42 Å². The first-order valence-corrected chi connectivity index (χ1v) is 7.81. The molecule has 0 aromatic heterocycles. The third-order valence-corrected chi connectivity index (χ3v) is 5.07. The molecular weight excluding hydrogens is 248 g/mol. The Hall–Kier alpha value is -1.07. The van der Waals surface area contributed by atoms with Crippen molar-refractivity contribution in [2.45, 2.75) is 38.5 Å². The Bertz CT molecular complexity index is 482. The fourth-order valence-corrected chi connectivity index (χ4v) is 3.58. The molecule has 4 nitrogen and oxygen atoms in total. The highest BCUT2D eigenvalue weighted by atomic mass is 32.2. The maximum Gasteiger partial charge on any atom is 0.218 e. The lowest BCUT2D eigenvalue weighted by Gasteiger charge is -2.25. The van der Waals surface area contributed by atoms with Gasteiger partial charge in [0.15, 0.2) is 0 Å². The maximum atomic E-state index is 12.3. The van der Waals surface area contributed by atoms with Crippen molar-refractivity contribution in [2.24, 2.45) is 0 Å². The molecule has 0 fully saturated rings. The van der Waals surface area contributed by atoms with E-state index in [4.69, 9.17) is 5.73 Å². The lowest BCUT2D eigenvalue weighted by Crippen LogP contribution is -2.37. The monoisotopic (exact) mass is 270 g/mol. The molecule has 0 aliphatic carbocycles. The maximum absolute atomic E-state index is 12.3. The van der Waals surface area contributed by atoms with Gasteiger partial charge in [-0.1, -0.05) is 26.0 Å². The van der Waals surface area contributed by atoms with Crippen LogP contribution < -0.4 is 5.73 Å².